The summed E-state index contributed by atoms with van der Waals surface area (Å²) in [4.78, 5) is 14.8. The van der Waals surface area contributed by atoms with Crippen LogP contribution in [0.15, 0.2) is 53.5 Å². The van der Waals surface area contributed by atoms with Crippen LogP contribution in [0, 0.1) is 11.6 Å². The number of ether oxygens (including phenoxy) is 2. The van der Waals surface area contributed by atoms with E-state index >= 15 is 0 Å². The van der Waals surface area contributed by atoms with Gasteiger partial charge in [-0.25, -0.2) is 17.2 Å². The molecule has 1 saturated carbocycles. The van der Waals surface area contributed by atoms with Gasteiger partial charge >= 0.3 is 0 Å². The minimum atomic E-state index is -3.60. The van der Waals surface area contributed by atoms with Gasteiger partial charge in [-0.1, -0.05) is 0 Å². The summed E-state index contributed by atoms with van der Waals surface area (Å²) in [5, 5.41) is 0. The lowest BCUT2D eigenvalue weighted by Gasteiger charge is -2.33. The Morgan fingerprint density at radius 2 is 1.67 bits per heavy atom. The van der Waals surface area contributed by atoms with E-state index in [0.717, 1.165) is 31.7 Å². The summed E-state index contributed by atoms with van der Waals surface area (Å²) in [7, 11) is 2.09. The summed E-state index contributed by atoms with van der Waals surface area (Å²) in [6.45, 7) is 1.52. The summed E-state index contributed by atoms with van der Waals surface area (Å²) in [6, 6.07) is 9.32. The molecule has 0 atom stereocenters. The van der Waals surface area contributed by atoms with Crippen LogP contribution in [0.3, 0.4) is 0 Å². The fourth-order valence-electron chi connectivity index (χ4n) is 4.59. The Balaban J connectivity index is 1.78. The van der Waals surface area contributed by atoms with E-state index in [0.29, 0.717) is 29.0 Å². The standard InChI is InChI=1S/C28H33F2N3O5S/c1-5-39(35,36)31-19-7-13-25(38-26-12-6-18(29)14-24(26)30)22(15-19)23-17-33(4)28(34)16-27(23)37-21-10-8-20(9-11-21)32(2)3/h6-7,12-17,20-21,31H,5,8-11H2,1-4H3/t20-,21-. The van der Waals surface area contributed by atoms with E-state index < -0.39 is 21.7 Å². The van der Waals surface area contributed by atoms with Crippen LogP contribution in [0.25, 0.3) is 11.1 Å². The summed E-state index contributed by atoms with van der Waals surface area (Å²) >= 11 is 0. The van der Waals surface area contributed by atoms with Gasteiger partial charge in [0.15, 0.2) is 11.6 Å². The van der Waals surface area contributed by atoms with Crippen molar-refractivity contribution in [2.24, 2.45) is 7.05 Å². The van der Waals surface area contributed by atoms with E-state index in [1.54, 1.807) is 19.3 Å². The molecule has 1 N–H and O–H groups in total. The number of halogens is 2. The molecule has 0 unspecified atom stereocenters. The highest BCUT2D eigenvalue weighted by Gasteiger charge is 2.26. The first kappa shape index (κ1) is 28.6. The maximum absolute atomic E-state index is 14.5. The molecule has 0 bridgehead atoms. The molecule has 0 aliphatic heterocycles. The van der Waals surface area contributed by atoms with E-state index in [-0.39, 0.29) is 34.6 Å². The zero-order valence-corrected chi connectivity index (χ0v) is 23.2. The Bertz CT molecular complexity index is 1500. The summed E-state index contributed by atoms with van der Waals surface area (Å²) in [6.07, 6.45) is 4.96. The summed E-state index contributed by atoms with van der Waals surface area (Å²) in [5.74, 6) is -1.51. The topological polar surface area (TPSA) is 89.9 Å². The van der Waals surface area contributed by atoms with Crippen molar-refractivity contribution in [2.75, 3.05) is 24.6 Å². The van der Waals surface area contributed by atoms with Crippen LogP contribution in [0.5, 0.6) is 17.2 Å². The zero-order chi connectivity index (χ0) is 28.3. The van der Waals surface area contributed by atoms with Gasteiger partial charge in [0.1, 0.15) is 17.3 Å². The molecule has 8 nitrogen and oxygen atoms in total. The number of anilines is 1. The molecular formula is C28H33F2N3O5S. The minimum absolute atomic E-state index is 0.118. The van der Waals surface area contributed by atoms with Crippen LogP contribution in [0.4, 0.5) is 14.5 Å². The molecule has 2 aromatic carbocycles. The number of hydrogen-bond acceptors (Lipinski definition) is 6. The quantitative estimate of drug-likeness (QED) is 0.389. The van der Waals surface area contributed by atoms with Gasteiger partial charge < -0.3 is 18.9 Å². The van der Waals surface area contributed by atoms with Gasteiger partial charge in [-0.05, 0) is 77.0 Å². The van der Waals surface area contributed by atoms with Gasteiger partial charge in [0, 0.05) is 48.2 Å². The number of rotatable bonds is 9. The van der Waals surface area contributed by atoms with Gasteiger partial charge in [0.05, 0.1) is 11.9 Å². The second-order valence-corrected chi connectivity index (χ2v) is 11.9. The van der Waals surface area contributed by atoms with E-state index in [1.165, 1.54) is 35.8 Å². The molecule has 39 heavy (non-hydrogen) atoms. The van der Waals surface area contributed by atoms with Gasteiger partial charge in [-0.2, -0.15) is 0 Å². The number of nitrogens with one attached hydrogen (secondary N) is 1. The third-order valence-electron chi connectivity index (χ3n) is 6.90. The molecule has 1 aliphatic carbocycles. The molecule has 0 spiro atoms. The number of aromatic nitrogens is 1. The highest BCUT2D eigenvalue weighted by molar-refractivity contribution is 7.92. The van der Waals surface area contributed by atoms with Crippen LogP contribution >= 0.6 is 0 Å². The van der Waals surface area contributed by atoms with Crippen molar-refractivity contribution >= 4 is 15.7 Å². The average Bonchev–Trinajstić information content (AvgIpc) is 2.88. The predicted molar refractivity (Wildman–Crippen MR) is 147 cm³/mol. The number of sulfonamides is 1. The molecule has 0 saturated heterocycles. The molecule has 0 amide bonds. The van der Waals surface area contributed by atoms with Gasteiger partial charge in [0.2, 0.25) is 10.0 Å². The van der Waals surface area contributed by atoms with Crippen LogP contribution in [0.2, 0.25) is 0 Å². The first-order valence-corrected chi connectivity index (χ1v) is 14.4. The third kappa shape index (κ3) is 6.96. The molecule has 1 fully saturated rings. The Labute approximate surface area is 227 Å². The maximum atomic E-state index is 14.5. The SMILES string of the molecule is CCS(=O)(=O)Nc1ccc(Oc2ccc(F)cc2F)c(-c2cn(C)c(=O)cc2O[C@H]2CC[C@H](N(C)C)CC2)c1. The van der Waals surface area contributed by atoms with Crippen molar-refractivity contribution in [3.05, 3.63) is 70.6 Å². The van der Waals surface area contributed by atoms with Crippen molar-refractivity contribution in [3.63, 3.8) is 0 Å². The van der Waals surface area contributed by atoms with Crippen LogP contribution in [-0.4, -0.2) is 49.9 Å². The smallest absolute Gasteiger partial charge is 0.254 e. The minimum Gasteiger partial charge on any atom is -0.490 e. The fraction of sp³-hybridized carbons (Fsp3) is 0.393. The number of pyridine rings is 1. The first-order valence-electron chi connectivity index (χ1n) is 12.8. The van der Waals surface area contributed by atoms with Crippen molar-refractivity contribution in [1.29, 1.82) is 0 Å². The van der Waals surface area contributed by atoms with E-state index in [1.807, 2.05) is 0 Å². The van der Waals surface area contributed by atoms with Crippen molar-refractivity contribution < 1.29 is 26.7 Å². The summed E-state index contributed by atoms with van der Waals surface area (Å²) < 4.78 is 68.6. The van der Waals surface area contributed by atoms with Gasteiger partial charge in [-0.15, -0.1) is 0 Å². The monoisotopic (exact) mass is 561 g/mol. The molecule has 0 radical (unpaired) electrons. The molecule has 1 heterocycles. The first-order chi connectivity index (χ1) is 18.5. The predicted octanol–water partition coefficient (Wildman–Crippen LogP) is 5.14. The van der Waals surface area contributed by atoms with Crippen molar-refractivity contribution in [1.82, 2.24) is 9.47 Å². The van der Waals surface area contributed by atoms with Gasteiger partial charge in [0.25, 0.3) is 5.56 Å². The molecule has 1 aliphatic rings. The van der Waals surface area contributed by atoms with E-state index in [9.17, 15) is 22.0 Å². The van der Waals surface area contributed by atoms with Crippen molar-refractivity contribution in [2.45, 2.75) is 44.8 Å². The van der Waals surface area contributed by atoms with E-state index in [2.05, 4.69) is 23.7 Å². The van der Waals surface area contributed by atoms with E-state index in [4.69, 9.17) is 9.47 Å². The average molecular weight is 562 g/mol. The van der Waals surface area contributed by atoms with Gasteiger partial charge in [-0.3, -0.25) is 9.52 Å². The second-order valence-electron chi connectivity index (χ2n) is 9.91. The zero-order valence-electron chi connectivity index (χ0n) is 22.4. The largest absolute Gasteiger partial charge is 0.490 e. The normalized spacial score (nSPS) is 17.7. The molecule has 3 aromatic rings. The maximum Gasteiger partial charge on any atom is 0.254 e. The Morgan fingerprint density at radius 3 is 2.31 bits per heavy atom. The van der Waals surface area contributed by atoms with Crippen LogP contribution < -0.4 is 19.8 Å². The number of benzene rings is 2. The lowest BCUT2D eigenvalue weighted by Crippen LogP contribution is -2.35. The van der Waals surface area contributed by atoms with Crippen LogP contribution in [-0.2, 0) is 17.1 Å². The third-order valence-corrected chi connectivity index (χ3v) is 8.20. The highest BCUT2D eigenvalue weighted by atomic mass is 32.2. The molecular weight excluding hydrogens is 528 g/mol. The Kier molecular flexibility index (Phi) is 8.60. The van der Waals surface area contributed by atoms with Crippen molar-refractivity contribution in [3.8, 4) is 28.4 Å². The van der Waals surface area contributed by atoms with Crippen LogP contribution in [0.1, 0.15) is 32.6 Å². The molecule has 210 valence electrons. The molecule has 11 heteroatoms. The Morgan fingerprint density at radius 1 is 0.974 bits per heavy atom. The number of hydrogen-bond donors (Lipinski definition) is 1. The highest BCUT2D eigenvalue weighted by Crippen LogP contribution is 2.41. The molecule has 4 rings (SSSR count). The summed E-state index contributed by atoms with van der Waals surface area (Å²) in [5.41, 5.74) is 0.792. The number of aryl methyl sites for hydroxylation is 1. The second kappa shape index (κ2) is 11.7. The lowest BCUT2D eigenvalue weighted by atomic mass is 9.92. The Hall–Kier alpha value is -3.44. The fourth-order valence-corrected chi connectivity index (χ4v) is 5.22. The lowest BCUT2D eigenvalue weighted by molar-refractivity contribution is 0.111. The number of nitrogens with zero attached hydrogens (tertiary/aromatic N) is 2. The molecule has 1 aromatic heterocycles.